The fourth-order valence-electron chi connectivity index (χ4n) is 3.31. The first-order valence-corrected chi connectivity index (χ1v) is 11.8. The van der Waals surface area contributed by atoms with Crippen LogP contribution in [0.2, 0.25) is 0 Å². The standard InChI is InChI=1S/C16H16O2S.C13H12O/c1-18-15(17)12-19-16(13-8-4-2-5-9-13)14-10-6-3-7-11-14;14-13(11-7-3-1-4-8-11)12-9-5-2-6-10-12/h2-11,16H,12H2,1H3;1-10,13-14H. The minimum absolute atomic E-state index is 0.154. The Morgan fingerprint density at radius 3 is 1.33 bits per heavy atom. The van der Waals surface area contributed by atoms with E-state index in [4.69, 9.17) is 4.74 Å². The Kier molecular flexibility index (Phi) is 9.77. The lowest BCUT2D eigenvalue weighted by Gasteiger charge is -2.17. The van der Waals surface area contributed by atoms with Gasteiger partial charge < -0.3 is 9.84 Å². The van der Waals surface area contributed by atoms with Crippen molar-refractivity contribution >= 4 is 17.7 Å². The summed E-state index contributed by atoms with van der Waals surface area (Å²) in [6.45, 7) is 0. The summed E-state index contributed by atoms with van der Waals surface area (Å²) in [5.74, 6) is 0.159. The van der Waals surface area contributed by atoms with Crippen molar-refractivity contribution < 1.29 is 14.6 Å². The molecule has 0 spiro atoms. The SMILES string of the molecule is COC(=O)CSC(c1ccccc1)c1ccccc1.OC(c1ccccc1)c1ccccc1. The molecule has 0 amide bonds. The van der Waals surface area contributed by atoms with E-state index in [0.29, 0.717) is 5.75 Å². The maximum atomic E-state index is 11.3. The van der Waals surface area contributed by atoms with E-state index >= 15 is 0 Å². The molecule has 0 aliphatic carbocycles. The fourth-order valence-corrected chi connectivity index (χ4v) is 4.43. The lowest BCUT2D eigenvalue weighted by Crippen LogP contribution is -2.06. The number of esters is 1. The maximum Gasteiger partial charge on any atom is 0.315 e. The normalized spacial score (nSPS) is 10.4. The van der Waals surface area contributed by atoms with Crippen LogP contribution in [-0.2, 0) is 9.53 Å². The zero-order valence-electron chi connectivity index (χ0n) is 18.6. The molecule has 0 fully saturated rings. The van der Waals surface area contributed by atoms with Crippen molar-refractivity contribution in [2.75, 3.05) is 12.9 Å². The Morgan fingerprint density at radius 2 is 1.00 bits per heavy atom. The second-order valence-corrected chi connectivity index (χ2v) is 8.41. The lowest BCUT2D eigenvalue weighted by molar-refractivity contribution is -0.137. The van der Waals surface area contributed by atoms with E-state index in [1.54, 1.807) is 11.8 Å². The lowest BCUT2D eigenvalue weighted by atomic mass is 10.0. The van der Waals surface area contributed by atoms with Crippen molar-refractivity contribution in [2.24, 2.45) is 0 Å². The van der Waals surface area contributed by atoms with Gasteiger partial charge in [0, 0.05) is 0 Å². The summed E-state index contributed by atoms with van der Waals surface area (Å²) >= 11 is 1.59. The zero-order chi connectivity index (χ0) is 23.3. The number of ether oxygens (including phenoxy) is 1. The van der Waals surface area contributed by atoms with E-state index in [0.717, 1.165) is 11.1 Å². The van der Waals surface area contributed by atoms with Crippen LogP contribution in [-0.4, -0.2) is 23.9 Å². The van der Waals surface area contributed by atoms with Crippen LogP contribution in [0.15, 0.2) is 121 Å². The summed E-state index contributed by atoms with van der Waals surface area (Å²) in [4.78, 5) is 11.3. The Morgan fingerprint density at radius 1 is 0.667 bits per heavy atom. The van der Waals surface area contributed by atoms with Crippen LogP contribution in [0.5, 0.6) is 0 Å². The van der Waals surface area contributed by atoms with E-state index < -0.39 is 6.10 Å². The number of carbonyl (C=O) groups is 1. The van der Waals surface area contributed by atoms with Gasteiger partial charge in [0.2, 0.25) is 0 Å². The zero-order valence-corrected chi connectivity index (χ0v) is 19.4. The first-order chi connectivity index (χ1) is 16.2. The fraction of sp³-hybridized carbons (Fsp3) is 0.138. The molecule has 0 heterocycles. The molecule has 0 aromatic heterocycles. The quantitative estimate of drug-likeness (QED) is 0.325. The second kappa shape index (κ2) is 13.3. The average molecular weight is 457 g/mol. The highest BCUT2D eigenvalue weighted by Gasteiger charge is 2.16. The Hall–Kier alpha value is -3.34. The molecule has 3 nitrogen and oxygen atoms in total. The number of methoxy groups -OCH3 is 1. The van der Waals surface area contributed by atoms with Crippen molar-refractivity contribution in [3.8, 4) is 0 Å². The molecule has 0 saturated heterocycles. The van der Waals surface area contributed by atoms with Crippen LogP contribution in [0.25, 0.3) is 0 Å². The number of hydrogen-bond acceptors (Lipinski definition) is 4. The molecule has 4 aromatic carbocycles. The molecule has 0 aliphatic heterocycles. The van der Waals surface area contributed by atoms with Gasteiger partial charge in [0.25, 0.3) is 0 Å². The van der Waals surface area contributed by atoms with Crippen LogP contribution in [0.3, 0.4) is 0 Å². The second-order valence-electron chi connectivity index (χ2n) is 7.31. The van der Waals surface area contributed by atoms with Crippen molar-refractivity contribution in [1.29, 1.82) is 0 Å². The third-order valence-corrected chi connectivity index (χ3v) is 6.31. The highest BCUT2D eigenvalue weighted by Crippen LogP contribution is 2.35. The van der Waals surface area contributed by atoms with Crippen molar-refractivity contribution in [1.82, 2.24) is 0 Å². The highest BCUT2D eigenvalue weighted by molar-refractivity contribution is 8.00. The van der Waals surface area contributed by atoms with Gasteiger partial charge in [-0.05, 0) is 22.3 Å². The van der Waals surface area contributed by atoms with Crippen molar-refractivity contribution in [3.63, 3.8) is 0 Å². The molecule has 0 saturated carbocycles. The van der Waals surface area contributed by atoms with Gasteiger partial charge in [0.05, 0.1) is 18.1 Å². The molecule has 1 N–H and O–H groups in total. The third kappa shape index (κ3) is 7.63. The molecular weight excluding hydrogens is 428 g/mol. The number of aliphatic hydroxyl groups excluding tert-OH is 1. The number of thioether (sulfide) groups is 1. The maximum absolute atomic E-state index is 11.3. The van der Waals surface area contributed by atoms with Crippen LogP contribution in [0.1, 0.15) is 33.6 Å². The third-order valence-electron chi connectivity index (χ3n) is 5.03. The first kappa shape index (κ1) is 24.3. The Balaban J connectivity index is 0.000000194. The smallest absolute Gasteiger partial charge is 0.315 e. The van der Waals surface area contributed by atoms with E-state index in [-0.39, 0.29) is 11.2 Å². The molecule has 0 unspecified atom stereocenters. The number of aliphatic hydroxyl groups is 1. The predicted octanol–water partition coefficient (Wildman–Crippen LogP) is 6.45. The van der Waals surface area contributed by atoms with Crippen LogP contribution >= 0.6 is 11.8 Å². The Labute approximate surface area is 200 Å². The van der Waals surface area contributed by atoms with Gasteiger partial charge in [-0.1, -0.05) is 121 Å². The monoisotopic (exact) mass is 456 g/mol. The van der Waals surface area contributed by atoms with Crippen LogP contribution < -0.4 is 0 Å². The van der Waals surface area contributed by atoms with E-state index in [9.17, 15) is 9.90 Å². The summed E-state index contributed by atoms with van der Waals surface area (Å²) in [7, 11) is 1.42. The molecule has 4 aromatic rings. The molecule has 33 heavy (non-hydrogen) atoms. The molecule has 0 aliphatic rings. The highest BCUT2D eigenvalue weighted by atomic mass is 32.2. The number of rotatable bonds is 7. The number of carbonyl (C=O) groups excluding carboxylic acids is 1. The first-order valence-electron chi connectivity index (χ1n) is 10.8. The minimum Gasteiger partial charge on any atom is -0.468 e. The van der Waals surface area contributed by atoms with Gasteiger partial charge >= 0.3 is 5.97 Å². The average Bonchev–Trinajstić information content (AvgIpc) is 2.91. The largest absolute Gasteiger partial charge is 0.468 e. The molecule has 0 atom stereocenters. The summed E-state index contributed by atoms with van der Waals surface area (Å²) in [6.07, 6.45) is -0.516. The van der Waals surface area contributed by atoms with Gasteiger partial charge in [0.15, 0.2) is 0 Å². The van der Waals surface area contributed by atoms with E-state index in [1.165, 1.54) is 18.2 Å². The number of hydrogen-bond donors (Lipinski definition) is 1. The summed E-state index contributed by atoms with van der Waals surface area (Å²) in [5, 5.41) is 10.1. The van der Waals surface area contributed by atoms with Gasteiger partial charge in [-0.15, -0.1) is 11.8 Å². The molecule has 168 valence electrons. The molecule has 4 rings (SSSR count). The molecule has 4 heteroatoms. The number of benzene rings is 4. The molecule has 0 radical (unpaired) electrons. The summed E-state index contributed by atoms with van der Waals surface area (Å²) in [6, 6.07) is 39.7. The molecule has 0 bridgehead atoms. The topological polar surface area (TPSA) is 46.5 Å². The predicted molar refractivity (Wildman–Crippen MR) is 136 cm³/mol. The van der Waals surface area contributed by atoms with Crippen molar-refractivity contribution in [3.05, 3.63) is 144 Å². The van der Waals surface area contributed by atoms with Gasteiger partial charge in [-0.3, -0.25) is 4.79 Å². The van der Waals surface area contributed by atoms with Crippen molar-refractivity contribution in [2.45, 2.75) is 11.4 Å². The van der Waals surface area contributed by atoms with E-state index in [2.05, 4.69) is 24.3 Å². The van der Waals surface area contributed by atoms with Crippen LogP contribution in [0.4, 0.5) is 0 Å². The van der Waals surface area contributed by atoms with Gasteiger partial charge in [-0.25, -0.2) is 0 Å². The summed E-state index contributed by atoms with van der Waals surface area (Å²) in [5.41, 5.74) is 4.25. The van der Waals surface area contributed by atoms with E-state index in [1.807, 2.05) is 97.1 Å². The van der Waals surface area contributed by atoms with Gasteiger partial charge in [0.1, 0.15) is 6.10 Å². The molecular formula is C29H28O3S. The minimum atomic E-state index is -0.516. The Bertz CT molecular complexity index is 992. The van der Waals surface area contributed by atoms with Gasteiger partial charge in [-0.2, -0.15) is 0 Å². The summed E-state index contributed by atoms with van der Waals surface area (Å²) < 4.78 is 4.71. The van der Waals surface area contributed by atoms with Crippen LogP contribution in [0, 0.1) is 0 Å².